The van der Waals surface area contributed by atoms with Crippen LogP contribution in [0.25, 0.3) is 5.52 Å². The molecule has 2 saturated heterocycles. The summed E-state index contributed by atoms with van der Waals surface area (Å²) >= 11 is 7.93. The SMILES string of the molecule is Cc1nc(N2CCC3(CC2)COC(C)(C)[C@H]3C)c2cncn2c1Sc1ccnc(N)c1Cl. The fourth-order valence-electron chi connectivity index (χ4n) is 5.10. The van der Waals surface area contributed by atoms with E-state index in [1.54, 1.807) is 6.20 Å². The van der Waals surface area contributed by atoms with Crippen LogP contribution in [-0.4, -0.2) is 44.7 Å². The van der Waals surface area contributed by atoms with E-state index in [0.29, 0.717) is 16.8 Å². The molecular weight excluding hydrogens is 444 g/mol. The highest BCUT2D eigenvalue weighted by molar-refractivity contribution is 7.99. The van der Waals surface area contributed by atoms with Crippen LogP contribution in [0.5, 0.6) is 0 Å². The number of hydrogen-bond donors (Lipinski definition) is 1. The van der Waals surface area contributed by atoms with Crippen LogP contribution in [0.15, 0.2) is 34.7 Å². The van der Waals surface area contributed by atoms with Gasteiger partial charge in [0.1, 0.15) is 22.7 Å². The number of aromatic nitrogens is 4. The lowest BCUT2D eigenvalue weighted by molar-refractivity contribution is 0.0150. The summed E-state index contributed by atoms with van der Waals surface area (Å²) in [4.78, 5) is 16.8. The van der Waals surface area contributed by atoms with Crippen LogP contribution in [-0.2, 0) is 4.74 Å². The first kappa shape index (κ1) is 21.8. The monoisotopic (exact) mass is 472 g/mol. The molecule has 5 rings (SSSR count). The number of piperidine rings is 1. The van der Waals surface area contributed by atoms with Crippen molar-refractivity contribution >= 4 is 40.5 Å². The van der Waals surface area contributed by atoms with Crippen molar-refractivity contribution in [1.82, 2.24) is 19.4 Å². The average Bonchev–Trinajstić information content (AvgIpc) is 3.34. The van der Waals surface area contributed by atoms with Gasteiger partial charge in [-0.15, -0.1) is 0 Å². The minimum absolute atomic E-state index is 0.0494. The zero-order chi connectivity index (χ0) is 22.7. The average molecular weight is 473 g/mol. The number of ether oxygens (including phenoxy) is 1. The van der Waals surface area contributed by atoms with E-state index in [1.165, 1.54) is 11.8 Å². The lowest BCUT2D eigenvalue weighted by Crippen LogP contribution is -2.45. The van der Waals surface area contributed by atoms with Crippen LogP contribution in [0.2, 0.25) is 5.02 Å². The molecule has 0 aliphatic carbocycles. The summed E-state index contributed by atoms with van der Waals surface area (Å²) in [5.41, 5.74) is 8.04. The Morgan fingerprint density at radius 3 is 2.72 bits per heavy atom. The largest absolute Gasteiger partial charge is 0.382 e. The highest BCUT2D eigenvalue weighted by Crippen LogP contribution is 2.51. The molecule has 0 amide bonds. The number of fused-ring (bicyclic) bond motifs is 1. The molecule has 2 aliphatic rings. The number of nitrogens with zero attached hydrogens (tertiary/aromatic N) is 5. The van der Waals surface area contributed by atoms with Crippen LogP contribution < -0.4 is 10.6 Å². The number of nitrogen functional groups attached to an aromatic ring is 1. The lowest BCUT2D eigenvalue weighted by atomic mass is 9.67. The van der Waals surface area contributed by atoms with Crippen molar-refractivity contribution in [2.24, 2.45) is 11.3 Å². The van der Waals surface area contributed by atoms with Gasteiger partial charge in [-0.05, 0) is 45.6 Å². The van der Waals surface area contributed by atoms with Gasteiger partial charge in [-0.2, -0.15) is 0 Å². The molecular formula is C23H29ClN6OS. The zero-order valence-corrected chi connectivity index (χ0v) is 20.5. The van der Waals surface area contributed by atoms with Gasteiger partial charge in [0, 0.05) is 29.6 Å². The first-order valence-electron chi connectivity index (χ1n) is 11.0. The second kappa shape index (κ2) is 7.78. The van der Waals surface area contributed by atoms with Gasteiger partial charge in [-0.3, -0.25) is 4.40 Å². The number of rotatable bonds is 3. The highest BCUT2D eigenvalue weighted by Gasteiger charge is 2.52. The van der Waals surface area contributed by atoms with E-state index in [0.717, 1.165) is 59.5 Å². The Labute approximate surface area is 197 Å². The second-order valence-corrected chi connectivity index (χ2v) is 11.0. The van der Waals surface area contributed by atoms with Crippen molar-refractivity contribution in [2.45, 2.75) is 56.1 Å². The molecule has 0 bridgehead atoms. The third-order valence-electron chi connectivity index (χ3n) is 7.51. The molecule has 2 N–H and O–H groups in total. The summed E-state index contributed by atoms with van der Waals surface area (Å²) in [5.74, 6) is 1.86. The molecule has 3 aromatic rings. The Morgan fingerprint density at radius 1 is 1.28 bits per heavy atom. The number of nitrogens with two attached hydrogens (primary N) is 1. The Bertz CT molecular complexity index is 1170. The summed E-state index contributed by atoms with van der Waals surface area (Å²) in [7, 11) is 0. The van der Waals surface area contributed by atoms with Crippen LogP contribution in [0.3, 0.4) is 0 Å². The lowest BCUT2D eigenvalue weighted by Gasteiger charge is -2.43. The number of anilines is 2. The number of pyridine rings is 1. The van der Waals surface area contributed by atoms with E-state index in [-0.39, 0.29) is 11.0 Å². The van der Waals surface area contributed by atoms with Crippen molar-refractivity contribution in [1.29, 1.82) is 0 Å². The first-order valence-corrected chi connectivity index (χ1v) is 12.2. The molecule has 170 valence electrons. The Morgan fingerprint density at radius 2 is 2.03 bits per heavy atom. The zero-order valence-electron chi connectivity index (χ0n) is 18.9. The fourth-order valence-corrected chi connectivity index (χ4v) is 6.30. The molecule has 7 nitrogen and oxygen atoms in total. The molecule has 0 saturated carbocycles. The van der Waals surface area contributed by atoms with E-state index < -0.39 is 0 Å². The van der Waals surface area contributed by atoms with Crippen molar-refractivity contribution in [3.05, 3.63) is 35.5 Å². The Hall–Kier alpha value is -2.03. The molecule has 0 radical (unpaired) electrons. The number of imidazole rings is 1. The van der Waals surface area contributed by atoms with Crippen LogP contribution in [0.1, 0.15) is 39.3 Å². The third kappa shape index (κ3) is 3.43. The predicted octanol–water partition coefficient (Wildman–Crippen LogP) is 4.85. The summed E-state index contributed by atoms with van der Waals surface area (Å²) in [6.07, 6.45) is 7.63. The molecule has 9 heteroatoms. The number of halogens is 1. The highest BCUT2D eigenvalue weighted by atomic mass is 35.5. The van der Waals surface area contributed by atoms with Gasteiger partial charge in [0.05, 0.1) is 29.1 Å². The smallest absolute Gasteiger partial charge is 0.154 e. The van der Waals surface area contributed by atoms with Gasteiger partial charge in [-0.1, -0.05) is 30.3 Å². The molecule has 0 unspecified atom stereocenters. The van der Waals surface area contributed by atoms with Crippen molar-refractivity contribution < 1.29 is 4.74 Å². The summed E-state index contributed by atoms with van der Waals surface area (Å²) in [5, 5.41) is 1.44. The maximum Gasteiger partial charge on any atom is 0.154 e. The summed E-state index contributed by atoms with van der Waals surface area (Å²) in [6, 6.07) is 1.87. The van der Waals surface area contributed by atoms with Gasteiger partial charge in [-0.25, -0.2) is 15.0 Å². The Kier molecular flexibility index (Phi) is 5.30. The maximum absolute atomic E-state index is 6.39. The van der Waals surface area contributed by atoms with E-state index >= 15 is 0 Å². The van der Waals surface area contributed by atoms with Crippen molar-refractivity contribution in [3.8, 4) is 0 Å². The van der Waals surface area contributed by atoms with Gasteiger partial charge >= 0.3 is 0 Å². The van der Waals surface area contributed by atoms with Crippen molar-refractivity contribution in [2.75, 3.05) is 30.3 Å². The van der Waals surface area contributed by atoms with Gasteiger partial charge in [0.15, 0.2) is 5.82 Å². The quantitative estimate of drug-likeness (QED) is 0.583. The topological polar surface area (TPSA) is 81.6 Å². The Balaban J connectivity index is 1.44. The predicted molar refractivity (Wildman–Crippen MR) is 129 cm³/mol. The molecule has 3 aromatic heterocycles. The minimum Gasteiger partial charge on any atom is -0.382 e. The van der Waals surface area contributed by atoms with Gasteiger partial charge in [0.2, 0.25) is 0 Å². The van der Waals surface area contributed by atoms with E-state index in [9.17, 15) is 0 Å². The molecule has 1 spiro atoms. The summed E-state index contributed by atoms with van der Waals surface area (Å²) < 4.78 is 8.28. The van der Waals surface area contributed by atoms with Crippen LogP contribution in [0, 0.1) is 18.3 Å². The van der Waals surface area contributed by atoms with Crippen LogP contribution in [0.4, 0.5) is 11.6 Å². The van der Waals surface area contributed by atoms with E-state index in [4.69, 9.17) is 27.1 Å². The van der Waals surface area contributed by atoms with Gasteiger partial charge < -0.3 is 15.4 Å². The molecule has 2 fully saturated rings. The minimum atomic E-state index is -0.0494. The number of hydrogen-bond acceptors (Lipinski definition) is 7. The molecule has 0 aromatic carbocycles. The third-order valence-corrected chi connectivity index (χ3v) is 9.26. The fraction of sp³-hybridized carbons (Fsp3) is 0.522. The van der Waals surface area contributed by atoms with E-state index in [2.05, 4.69) is 40.0 Å². The standard InChI is InChI=1S/C23H29ClN6OS/c1-14-21(32-17-5-8-27-19(25)18(17)24)30-13-26-11-16(30)20(28-14)29-9-6-23(7-10-29)12-31-22(3,4)15(23)2/h5,8,11,13,15H,6-7,9-10,12H2,1-4H3,(H2,25,27)/t15-/m1/s1. The second-order valence-electron chi connectivity index (χ2n) is 9.55. The summed E-state index contributed by atoms with van der Waals surface area (Å²) in [6.45, 7) is 11.6. The van der Waals surface area contributed by atoms with Crippen LogP contribution >= 0.6 is 23.4 Å². The molecule has 5 heterocycles. The van der Waals surface area contributed by atoms with Crippen molar-refractivity contribution in [3.63, 3.8) is 0 Å². The first-order chi connectivity index (χ1) is 15.2. The maximum atomic E-state index is 6.39. The molecule has 1 atom stereocenters. The normalized spacial score (nSPS) is 22.2. The van der Waals surface area contributed by atoms with Gasteiger partial charge in [0.25, 0.3) is 0 Å². The van der Waals surface area contributed by atoms with E-state index in [1.807, 2.05) is 25.5 Å². The molecule has 32 heavy (non-hydrogen) atoms. The number of aryl methyl sites for hydroxylation is 1. The molecule has 2 aliphatic heterocycles.